The molecular weight excluding hydrogens is 290 g/mol. The van der Waals surface area contributed by atoms with Gasteiger partial charge in [0.2, 0.25) is 0 Å². The molecule has 3 N–H and O–H groups in total. The lowest BCUT2D eigenvalue weighted by atomic mass is 9.78. The molecule has 5 heteroatoms. The van der Waals surface area contributed by atoms with E-state index < -0.39 is 5.41 Å². The minimum absolute atomic E-state index is 0.0568. The van der Waals surface area contributed by atoms with Crippen LogP contribution in [0.4, 0.5) is 11.5 Å². The van der Waals surface area contributed by atoms with Gasteiger partial charge in [-0.05, 0) is 17.5 Å². The van der Waals surface area contributed by atoms with E-state index in [2.05, 4.69) is 15.3 Å². The number of aromatic nitrogens is 2. The summed E-state index contributed by atoms with van der Waals surface area (Å²) in [4.78, 5) is 8.26. The molecule has 124 valence electrons. The number of hydrogen-bond acceptors (Lipinski definition) is 5. The van der Waals surface area contributed by atoms with Gasteiger partial charge in [0.25, 0.3) is 0 Å². The lowest BCUT2D eigenvalue weighted by Crippen LogP contribution is -2.24. The number of phenolic OH excluding ortho intramolecular Hbond substituents is 1. The van der Waals surface area contributed by atoms with Crippen LogP contribution < -0.4 is 5.32 Å². The summed E-state index contributed by atoms with van der Waals surface area (Å²) < 4.78 is 0. The van der Waals surface area contributed by atoms with Crippen molar-refractivity contribution in [1.82, 2.24) is 9.97 Å². The quantitative estimate of drug-likeness (QED) is 0.753. The van der Waals surface area contributed by atoms with Crippen LogP contribution in [0.2, 0.25) is 0 Å². The summed E-state index contributed by atoms with van der Waals surface area (Å²) in [6, 6.07) is 3.77. The fraction of sp³-hybridized carbons (Fsp3) is 0.444. The van der Waals surface area contributed by atoms with Gasteiger partial charge in [-0.2, -0.15) is 0 Å². The Morgan fingerprint density at radius 2 is 1.70 bits per heavy atom. The second-order valence-corrected chi connectivity index (χ2v) is 7.43. The number of anilines is 2. The average Bonchev–Trinajstić information content (AvgIpc) is 2.48. The van der Waals surface area contributed by atoms with Gasteiger partial charge in [0.1, 0.15) is 11.6 Å². The minimum atomic E-state index is -0.551. The molecule has 0 spiro atoms. The first-order valence-electron chi connectivity index (χ1n) is 7.67. The van der Waals surface area contributed by atoms with Crippen LogP contribution in [0, 0.1) is 0 Å². The molecule has 1 heterocycles. The molecule has 0 aliphatic carbocycles. The molecule has 0 aliphatic rings. The van der Waals surface area contributed by atoms with Crippen molar-refractivity contribution >= 4 is 11.5 Å². The summed E-state index contributed by atoms with van der Waals surface area (Å²) in [5.41, 5.74) is 1.56. The number of nitrogens with zero attached hydrogens (tertiary/aromatic N) is 2. The lowest BCUT2D eigenvalue weighted by molar-refractivity contribution is 0.215. The number of nitrogens with one attached hydrogen (secondary N) is 1. The first kappa shape index (κ1) is 17.2. The predicted molar refractivity (Wildman–Crippen MR) is 92.2 cm³/mol. The van der Waals surface area contributed by atoms with Crippen molar-refractivity contribution in [2.45, 2.75) is 45.4 Å². The standard InChI is InChI=1S/C18H25N3O2/c1-17(2,3)13-8-12(21-15-10-19-6-7-20-15)9-14(16(13)23)18(4,5)11-22/h6-10,22-23H,11H2,1-5H3,(H,20,21). The smallest absolute Gasteiger partial charge is 0.148 e. The van der Waals surface area contributed by atoms with Gasteiger partial charge in [-0.15, -0.1) is 0 Å². The van der Waals surface area contributed by atoms with Gasteiger partial charge in [-0.3, -0.25) is 4.98 Å². The molecule has 2 rings (SSSR count). The van der Waals surface area contributed by atoms with Gasteiger partial charge in [0.05, 0.1) is 12.8 Å². The third-order valence-electron chi connectivity index (χ3n) is 3.88. The SMILES string of the molecule is CC(C)(C)c1cc(Nc2cnccn2)cc(C(C)(C)CO)c1O. The first-order chi connectivity index (χ1) is 10.6. The Kier molecular flexibility index (Phi) is 4.61. The van der Waals surface area contributed by atoms with Gasteiger partial charge in [-0.25, -0.2) is 4.98 Å². The van der Waals surface area contributed by atoms with Crippen LogP contribution in [0.5, 0.6) is 5.75 Å². The van der Waals surface area contributed by atoms with Crippen LogP contribution in [-0.2, 0) is 10.8 Å². The predicted octanol–water partition coefficient (Wildman–Crippen LogP) is 3.49. The summed E-state index contributed by atoms with van der Waals surface area (Å²) in [7, 11) is 0. The highest BCUT2D eigenvalue weighted by Gasteiger charge is 2.29. The third kappa shape index (κ3) is 3.79. The van der Waals surface area contributed by atoms with Gasteiger partial charge >= 0.3 is 0 Å². The van der Waals surface area contributed by atoms with E-state index in [4.69, 9.17) is 0 Å². The number of aliphatic hydroxyl groups excluding tert-OH is 1. The zero-order chi connectivity index (χ0) is 17.3. The maximum atomic E-state index is 10.7. The minimum Gasteiger partial charge on any atom is -0.507 e. The highest BCUT2D eigenvalue weighted by Crippen LogP contribution is 2.41. The summed E-state index contributed by atoms with van der Waals surface area (Å²) in [5.74, 6) is 0.868. The van der Waals surface area contributed by atoms with E-state index in [9.17, 15) is 10.2 Å². The highest BCUT2D eigenvalue weighted by atomic mass is 16.3. The van der Waals surface area contributed by atoms with Crippen molar-refractivity contribution < 1.29 is 10.2 Å². The van der Waals surface area contributed by atoms with Gasteiger partial charge in [0.15, 0.2) is 0 Å². The molecule has 0 radical (unpaired) electrons. The monoisotopic (exact) mass is 315 g/mol. The topological polar surface area (TPSA) is 78.3 Å². The zero-order valence-electron chi connectivity index (χ0n) is 14.4. The molecule has 1 aromatic heterocycles. The Morgan fingerprint density at radius 1 is 1.04 bits per heavy atom. The normalized spacial score (nSPS) is 12.3. The van der Waals surface area contributed by atoms with Crippen molar-refractivity contribution in [3.05, 3.63) is 41.9 Å². The maximum absolute atomic E-state index is 10.7. The van der Waals surface area contributed by atoms with Crippen LogP contribution in [0.25, 0.3) is 0 Å². The van der Waals surface area contributed by atoms with E-state index in [1.165, 1.54) is 0 Å². The molecule has 0 amide bonds. The zero-order valence-corrected chi connectivity index (χ0v) is 14.4. The van der Waals surface area contributed by atoms with Crippen LogP contribution in [-0.4, -0.2) is 26.8 Å². The van der Waals surface area contributed by atoms with Crippen molar-refractivity contribution in [3.63, 3.8) is 0 Å². The first-order valence-corrected chi connectivity index (χ1v) is 7.67. The second kappa shape index (κ2) is 6.16. The van der Waals surface area contributed by atoms with Crippen molar-refractivity contribution in [2.75, 3.05) is 11.9 Å². The van der Waals surface area contributed by atoms with Crippen molar-refractivity contribution in [2.24, 2.45) is 0 Å². The van der Waals surface area contributed by atoms with E-state index >= 15 is 0 Å². The Labute approximate surface area is 137 Å². The number of aromatic hydroxyl groups is 1. The van der Waals surface area contributed by atoms with E-state index in [1.807, 2.05) is 46.8 Å². The average molecular weight is 315 g/mol. The number of aliphatic hydroxyl groups is 1. The largest absolute Gasteiger partial charge is 0.507 e. The summed E-state index contributed by atoms with van der Waals surface area (Å²) in [5, 5.41) is 23.6. The molecule has 0 saturated heterocycles. The van der Waals surface area contributed by atoms with Crippen LogP contribution in [0.1, 0.15) is 45.7 Å². The molecule has 0 bridgehead atoms. The third-order valence-corrected chi connectivity index (χ3v) is 3.88. The van der Waals surface area contributed by atoms with Crippen molar-refractivity contribution in [1.29, 1.82) is 0 Å². The molecule has 2 aromatic rings. The fourth-order valence-electron chi connectivity index (χ4n) is 2.39. The maximum Gasteiger partial charge on any atom is 0.148 e. The Morgan fingerprint density at radius 3 is 2.22 bits per heavy atom. The van der Waals surface area contributed by atoms with Gasteiger partial charge in [0, 0.05) is 34.6 Å². The summed E-state index contributed by atoms with van der Waals surface area (Å²) in [6.07, 6.45) is 4.87. The molecular formula is C18H25N3O2. The number of hydrogen-bond donors (Lipinski definition) is 3. The molecule has 0 aliphatic heterocycles. The highest BCUT2D eigenvalue weighted by molar-refractivity contribution is 5.63. The summed E-state index contributed by atoms with van der Waals surface area (Å²) >= 11 is 0. The van der Waals surface area contributed by atoms with Crippen LogP contribution in [0.3, 0.4) is 0 Å². The number of benzene rings is 1. The Balaban J connectivity index is 2.57. The molecule has 1 aromatic carbocycles. The van der Waals surface area contributed by atoms with Crippen LogP contribution >= 0.6 is 0 Å². The Bertz CT molecular complexity index is 677. The van der Waals surface area contributed by atoms with E-state index in [0.29, 0.717) is 11.4 Å². The van der Waals surface area contributed by atoms with E-state index in [-0.39, 0.29) is 17.8 Å². The lowest BCUT2D eigenvalue weighted by Gasteiger charge is -2.29. The number of rotatable bonds is 4. The molecule has 5 nitrogen and oxygen atoms in total. The molecule has 0 fully saturated rings. The fourth-order valence-corrected chi connectivity index (χ4v) is 2.39. The van der Waals surface area contributed by atoms with E-state index in [0.717, 1.165) is 11.3 Å². The molecule has 0 unspecified atom stereocenters. The van der Waals surface area contributed by atoms with Gasteiger partial charge < -0.3 is 15.5 Å². The van der Waals surface area contributed by atoms with E-state index in [1.54, 1.807) is 18.6 Å². The van der Waals surface area contributed by atoms with Gasteiger partial charge in [-0.1, -0.05) is 34.6 Å². The molecule has 0 saturated carbocycles. The number of phenols is 1. The summed E-state index contributed by atoms with van der Waals surface area (Å²) in [6.45, 7) is 9.89. The molecule has 23 heavy (non-hydrogen) atoms. The molecule has 0 atom stereocenters. The second-order valence-electron chi connectivity index (χ2n) is 7.43. The van der Waals surface area contributed by atoms with Crippen LogP contribution in [0.15, 0.2) is 30.7 Å². The Hall–Kier alpha value is -2.14. The van der Waals surface area contributed by atoms with Crippen molar-refractivity contribution in [3.8, 4) is 5.75 Å².